The van der Waals surface area contributed by atoms with E-state index in [0.717, 1.165) is 5.39 Å². The minimum atomic E-state index is -0.466. The SMILES string of the molecule is CC(=O)Nc1ccc(OC(=O)CCCN2C(=O)c3cccc4cccc(c34)C2=O)cc1. The molecule has 0 spiro atoms. The second-order valence-corrected chi connectivity index (χ2v) is 7.25. The molecule has 0 saturated carbocycles. The van der Waals surface area contributed by atoms with Crippen molar-refractivity contribution in [1.82, 2.24) is 4.90 Å². The number of esters is 1. The number of rotatable bonds is 6. The summed E-state index contributed by atoms with van der Waals surface area (Å²) in [5.41, 5.74) is 1.59. The molecule has 1 aliphatic heterocycles. The molecule has 1 aliphatic rings. The Kier molecular flexibility index (Phi) is 5.49. The summed E-state index contributed by atoms with van der Waals surface area (Å²) in [6.45, 7) is 1.53. The molecule has 156 valence electrons. The maximum Gasteiger partial charge on any atom is 0.311 e. The number of nitrogens with zero attached hydrogens (tertiary/aromatic N) is 1. The molecule has 0 saturated heterocycles. The van der Waals surface area contributed by atoms with Crippen LogP contribution in [0.15, 0.2) is 60.7 Å². The van der Waals surface area contributed by atoms with Gasteiger partial charge in [-0.25, -0.2) is 0 Å². The van der Waals surface area contributed by atoms with Crippen LogP contribution in [0.5, 0.6) is 5.75 Å². The minimum Gasteiger partial charge on any atom is -0.427 e. The van der Waals surface area contributed by atoms with Gasteiger partial charge in [-0.05, 0) is 48.2 Å². The number of ether oxygens (including phenoxy) is 1. The molecule has 3 amide bonds. The van der Waals surface area contributed by atoms with Crippen LogP contribution in [0.25, 0.3) is 10.8 Å². The van der Waals surface area contributed by atoms with E-state index < -0.39 is 5.97 Å². The number of imide groups is 1. The highest BCUT2D eigenvalue weighted by atomic mass is 16.5. The van der Waals surface area contributed by atoms with Crippen LogP contribution in [0.4, 0.5) is 5.69 Å². The van der Waals surface area contributed by atoms with Crippen LogP contribution in [-0.2, 0) is 9.59 Å². The van der Waals surface area contributed by atoms with Crippen molar-refractivity contribution >= 4 is 40.2 Å². The molecule has 7 nitrogen and oxygen atoms in total. The first-order valence-corrected chi connectivity index (χ1v) is 9.90. The molecule has 4 rings (SSSR count). The van der Waals surface area contributed by atoms with Crippen molar-refractivity contribution < 1.29 is 23.9 Å². The average Bonchev–Trinajstić information content (AvgIpc) is 2.75. The summed E-state index contributed by atoms with van der Waals surface area (Å²) in [6, 6.07) is 17.2. The summed E-state index contributed by atoms with van der Waals surface area (Å²) in [7, 11) is 0. The standard InChI is InChI=1S/C24H20N2O5/c1-15(27)25-17-10-12-18(13-11-17)31-21(28)9-4-14-26-23(29)19-7-2-5-16-6-3-8-20(22(16)19)24(26)30/h2-3,5-8,10-13H,4,9,14H2,1H3,(H,25,27). The largest absolute Gasteiger partial charge is 0.427 e. The van der Waals surface area contributed by atoms with E-state index in [4.69, 9.17) is 4.74 Å². The van der Waals surface area contributed by atoms with Gasteiger partial charge in [0.2, 0.25) is 5.91 Å². The van der Waals surface area contributed by atoms with Crippen LogP contribution in [0.3, 0.4) is 0 Å². The number of amides is 3. The number of anilines is 1. The monoisotopic (exact) mass is 416 g/mol. The van der Waals surface area contributed by atoms with Gasteiger partial charge in [0.25, 0.3) is 11.8 Å². The highest BCUT2D eigenvalue weighted by molar-refractivity contribution is 6.25. The molecular formula is C24H20N2O5. The lowest BCUT2D eigenvalue weighted by atomic mass is 9.94. The molecule has 3 aromatic rings. The van der Waals surface area contributed by atoms with Crippen molar-refractivity contribution in [3.63, 3.8) is 0 Å². The fourth-order valence-electron chi connectivity index (χ4n) is 3.66. The van der Waals surface area contributed by atoms with E-state index in [1.165, 1.54) is 11.8 Å². The third-order valence-electron chi connectivity index (χ3n) is 5.02. The second kappa shape index (κ2) is 8.39. The topological polar surface area (TPSA) is 92.8 Å². The molecule has 7 heteroatoms. The van der Waals surface area contributed by atoms with E-state index in [2.05, 4.69) is 5.32 Å². The van der Waals surface area contributed by atoms with E-state index in [0.29, 0.717) is 34.4 Å². The molecule has 0 bridgehead atoms. The number of carbonyl (C=O) groups is 4. The van der Waals surface area contributed by atoms with Crippen molar-refractivity contribution in [1.29, 1.82) is 0 Å². The zero-order chi connectivity index (χ0) is 22.0. The van der Waals surface area contributed by atoms with Crippen molar-refractivity contribution in [3.05, 3.63) is 71.8 Å². The second-order valence-electron chi connectivity index (χ2n) is 7.25. The van der Waals surface area contributed by atoms with Crippen LogP contribution >= 0.6 is 0 Å². The van der Waals surface area contributed by atoms with Gasteiger partial charge in [-0.1, -0.05) is 24.3 Å². The van der Waals surface area contributed by atoms with Crippen molar-refractivity contribution in [3.8, 4) is 5.75 Å². The first-order valence-electron chi connectivity index (χ1n) is 9.90. The fourth-order valence-corrected chi connectivity index (χ4v) is 3.66. The van der Waals surface area contributed by atoms with E-state index in [1.807, 2.05) is 12.1 Å². The quantitative estimate of drug-likeness (QED) is 0.375. The summed E-state index contributed by atoms with van der Waals surface area (Å²) in [4.78, 5) is 50.1. The van der Waals surface area contributed by atoms with Crippen LogP contribution in [0.1, 0.15) is 40.5 Å². The van der Waals surface area contributed by atoms with Gasteiger partial charge < -0.3 is 10.1 Å². The Bertz CT molecular complexity index is 1150. The molecule has 1 N–H and O–H groups in total. The Labute approximate surface area is 178 Å². The average molecular weight is 416 g/mol. The van der Waals surface area contributed by atoms with Gasteiger partial charge in [0.15, 0.2) is 0 Å². The molecule has 0 aliphatic carbocycles. The molecule has 0 fully saturated rings. The third-order valence-corrected chi connectivity index (χ3v) is 5.02. The Balaban J connectivity index is 1.36. The summed E-state index contributed by atoms with van der Waals surface area (Å²) in [5, 5.41) is 4.16. The fraction of sp³-hybridized carbons (Fsp3) is 0.167. The molecule has 0 atom stereocenters. The van der Waals surface area contributed by atoms with Crippen molar-refractivity contribution in [2.75, 3.05) is 11.9 Å². The molecule has 0 unspecified atom stereocenters. The van der Waals surface area contributed by atoms with Gasteiger partial charge in [-0.2, -0.15) is 0 Å². The lowest BCUT2D eigenvalue weighted by Gasteiger charge is -2.27. The van der Waals surface area contributed by atoms with E-state index in [9.17, 15) is 19.2 Å². The Morgan fingerprint density at radius 3 is 2.10 bits per heavy atom. The van der Waals surface area contributed by atoms with Crippen LogP contribution in [0.2, 0.25) is 0 Å². The minimum absolute atomic E-state index is 0.0519. The molecular weight excluding hydrogens is 396 g/mol. The number of benzene rings is 3. The van der Waals surface area contributed by atoms with Gasteiger partial charge in [0.1, 0.15) is 5.75 Å². The zero-order valence-electron chi connectivity index (χ0n) is 16.9. The lowest BCUT2D eigenvalue weighted by molar-refractivity contribution is -0.134. The Hall–Kier alpha value is -4.00. The van der Waals surface area contributed by atoms with Gasteiger partial charge >= 0.3 is 5.97 Å². The predicted molar refractivity (Wildman–Crippen MR) is 115 cm³/mol. The maximum atomic E-state index is 12.8. The molecule has 1 heterocycles. The van der Waals surface area contributed by atoms with Crippen molar-refractivity contribution in [2.45, 2.75) is 19.8 Å². The normalized spacial score (nSPS) is 12.7. The highest BCUT2D eigenvalue weighted by Gasteiger charge is 2.32. The number of nitrogens with one attached hydrogen (secondary N) is 1. The van der Waals surface area contributed by atoms with E-state index >= 15 is 0 Å². The van der Waals surface area contributed by atoms with Crippen LogP contribution in [-0.4, -0.2) is 35.1 Å². The summed E-state index contributed by atoms with van der Waals surface area (Å²) in [5.74, 6) is -1.01. The van der Waals surface area contributed by atoms with Crippen LogP contribution < -0.4 is 10.1 Å². The molecule has 0 aromatic heterocycles. The predicted octanol–water partition coefficient (Wildman–Crippen LogP) is 3.78. The van der Waals surface area contributed by atoms with Gasteiger partial charge in [-0.15, -0.1) is 0 Å². The summed E-state index contributed by atoms with van der Waals surface area (Å²) in [6.07, 6.45) is 0.342. The van der Waals surface area contributed by atoms with E-state index in [-0.39, 0.29) is 30.7 Å². The zero-order valence-corrected chi connectivity index (χ0v) is 16.9. The molecule has 3 aromatic carbocycles. The summed E-state index contributed by atoms with van der Waals surface area (Å²) >= 11 is 0. The smallest absolute Gasteiger partial charge is 0.311 e. The number of carbonyl (C=O) groups excluding carboxylic acids is 4. The molecule has 0 radical (unpaired) electrons. The number of hydrogen-bond acceptors (Lipinski definition) is 5. The lowest BCUT2D eigenvalue weighted by Crippen LogP contribution is -2.41. The third kappa shape index (κ3) is 4.16. The highest BCUT2D eigenvalue weighted by Crippen LogP contribution is 2.30. The summed E-state index contributed by atoms with van der Waals surface area (Å²) < 4.78 is 5.28. The molecule has 31 heavy (non-hydrogen) atoms. The van der Waals surface area contributed by atoms with Gasteiger partial charge in [0.05, 0.1) is 0 Å². The van der Waals surface area contributed by atoms with E-state index in [1.54, 1.807) is 48.5 Å². The Morgan fingerprint density at radius 1 is 0.903 bits per heavy atom. The van der Waals surface area contributed by atoms with Crippen LogP contribution in [0, 0.1) is 0 Å². The van der Waals surface area contributed by atoms with Gasteiger partial charge in [0, 0.05) is 42.1 Å². The Morgan fingerprint density at radius 2 is 1.52 bits per heavy atom. The first kappa shape index (κ1) is 20.3. The first-order chi connectivity index (χ1) is 14.9. The maximum absolute atomic E-state index is 12.8. The number of hydrogen-bond donors (Lipinski definition) is 1. The van der Waals surface area contributed by atoms with Gasteiger partial charge in [-0.3, -0.25) is 24.1 Å². The van der Waals surface area contributed by atoms with Crippen molar-refractivity contribution in [2.24, 2.45) is 0 Å².